The first-order valence-electron chi connectivity index (χ1n) is 11.6. The maximum Gasteiger partial charge on any atom is 0.0541 e. The Balaban J connectivity index is 1.76. The van der Waals surface area contributed by atoms with E-state index in [1.807, 2.05) is 0 Å². The molecule has 0 saturated heterocycles. The Morgan fingerprint density at radius 2 is 1.45 bits per heavy atom. The van der Waals surface area contributed by atoms with Crippen LogP contribution in [0.15, 0.2) is 84.5 Å². The molecule has 156 valence electrons. The molecular formula is C30H31N. The van der Waals surface area contributed by atoms with Crippen molar-refractivity contribution >= 4 is 21.8 Å². The zero-order chi connectivity index (χ0) is 21.6. The van der Waals surface area contributed by atoms with Gasteiger partial charge in [-0.25, -0.2) is 0 Å². The van der Waals surface area contributed by atoms with Crippen LogP contribution in [-0.2, 0) is 18.3 Å². The minimum atomic E-state index is 0.0489. The SMILES string of the molecule is CCc1ccc(-n2c3ccc(CC)cc3c3cc(C4(C)C=CC(C)=CC4)ccc32)cc1. The summed E-state index contributed by atoms with van der Waals surface area (Å²) < 4.78 is 2.43. The Hall–Kier alpha value is -3.06. The van der Waals surface area contributed by atoms with Crippen LogP contribution >= 0.6 is 0 Å². The molecule has 0 aliphatic heterocycles. The second-order valence-corrected chi connectivity index (χ2v) is 9.20. The minimum Gasteiger partial charge on any atom is -0.309 e. The normalized spacial score (nSPS) is 18.6. The first kappa shape index (κ1) is 19.9. The molecule has 0 amide bonds. The van der Waals surface area contributed by atoms with E-state index >= 15 is 0 Å². The summed E-state index contributed by atoms with van der Waals surface area (Å²) in [5.41, 5.74) is 9.37. The predicted molar refractivity (Wildman–Crippen MR) is 134 cm³/mol. The van der Waals surface area contributed by atoms with Gasteiger partial charge in [-0.1, -0.05) is 68.8 Å². The molecule has 1 aliphatic carbocycles. The van der Waals surface area contributed by atoms with Gasteiger partial charge in [0.25, 0.3) is 0 Å². The molecule has 1 unspecified atom stereocenters. The standard InChI is InChI=1S/C30H31N/c1-5-22-7-11-25(12-8-22)31-28-13-9-23(6-2)19-26(28)27-20-24(10-14-29(27)31)30(4)17-15-21(3)16-18-30/h7-17,19-20H,5-6,18H2,1-4H3. The molecular weight excluding hydrogens is 374 g/mol. The number of fused-ring (bicyclic) bond motifs is 3. The molecule has 1 heterocycles. The summed E-state index contributed by atoms with van der Waals surface area (Å²) in [6.07, 6.45) is 10.2. The second-order valence-electron chi connectivity index (χ2n) is 9.20. The topological polar surface area (TPSA) is 4.93 Å². The Morgan fingerprint density at radius 3 is 2.10 bits per heavy atom. The molecule has 1 heteroatoms. The largest absolute Gasteiger partial charge is 0.309 e. The van der Waals surface area contributed by atoms with E-state index < -0.39 is 0 Å². The van der Waals surface area contributed by atoms with E-state index in [0.717, 1.165) is 19.3 Å². The maximum absolute atomic E-state index is 2.44. The number of aryl methyl sites for hydroxylation is 2. The number of nitrogens with zero attached hydrogens (tertiary/aromatic N) is 1. The summed E-state index contributed by atoms with van der Waals surface area (Å²) >= 11 is 0. The van der Waals surface area contributed by atoms with E-state index in [9.17, 15) is 0 Å². The van der Waals surface area contributed by atoms with Crippen LogP contribution in [-0.4, -0.2) is 4.57 Å². The summed E-state index contributed by atoms with van der Waals surface area (Å²) in [5, 5.41) is 2.70. The molecule has 0 fully saturated rings. The molecule has 0 radical (unpaired) electrons. The van der Waals surface area contributed by atoms with Gasteiger partial charge in [-0.05, 0) is 79.3 Å². The fourth-order valence-electron chi connectivity index (χ4n) is 4.84. The van der Waals surface area contributed by atoms with Crippen molar-refractivity contribution in [2.75, 3.05) is 0 Å². The lowest BCUT2D eigenvalue weighted by Gasteiger charge is -2.28. The third kappa shape index (κ3) is 3.33. The van der Waals surface area contributed by atoms with E-state index in [4.69, 9.17) is 0 Å². The highest BCUT2D eigenvalue weighted by atomic mass is 15.0. The monoisotopic (exact) mass is 405 g/mol. The zero-order valence-electron chi connectivity index (χ0n) is 19.1. The molecule has 0 bridgehead atoms. The van der Waals surface area contributed by atoms with Gasteiger partial charge in [0.2, 0.25) is 0 Å². The first-order valence-corrected chi connectivity index (χ1v) is 11.6. The highest BCUT2D eigenvalue weighted by Gasteiger charge is 2.25. The van der Waals surface area contributed by atoms with E-state index in [1.165, 1.54) is 49.8 Å². The average Bonchev–Trinajstić information content (AvgIpc) is 3.14. The van der Waals surface area contributed by atoms with Crippen LogP contribution in [0, 0.1) is 0 Å². The Bertz CT molecular complexity index is 1330. The number of rotatable bonds is 4. The summed E-state index contributed by atoms with van der Waals surface area (Å²) in [6, 6.07) is 23.1. The molecule has 0 spiro atoms. The smallest absolute Gasteiger partial charge is 0.0541 e. The Labute approximate surface area is 185 Å². The van der Waals surface area contributed by atoms with Gasteiger partial charge in [0.05, 0.1) is 11.0 Å². The number of benzene rings is 3. The molecule has 1 nitrogen and oxygen atoms in total. The van der Waals surface area contributed by atoms with Crippen LogP contribution in [0.2, 0.25) is 0 Å². The van der Waals surface area contributed by atoms with Crippen molar-refractivity contribution in [2.45, 2.75) is 52.4 Å². The third-order valence-corrected chi connectivity index (χ3v) is 7.06. The summed E-state index contributed by atoms with van der Waals surface area (Å²) in [5.74, 6) is 0. The maximum atomic E-state index is 2.44. The molecule has 1 atom stereocenters. The van der Waals surface area contributed by atoms with E-state index in [0.29, 0.717) is 0 Å². The fraction of sp³-hybridized carbons (Fsp3) is 0.267. The molecule has 31 heavy (non-hydrogen) atoms. The molecule has 4 aromatic rings. The molecule has 0 saturated carbocycles. The van der Waals surface area contributed by atoms with Gasteiger partial charge in [0.15, 0.2) is 0 Å². The number of allylic oxidation sites excluding steroid dienone is 4. The van der Waals surface area contributed by atoms with Crippen LogP contribution in [0.25, 0.3) is 27.5 Å². The molecule has 1 aromatic heterocycles. The number of hydrogen-bond donors (Lipinski definition) is 0. The van der Waals surface area contributed by atoms with Crippen molar-refractivity contribution in [3.63, 3.8) is 0 Å². The Kier molecular flexibility index (Phi) is 4.85. The van der Waals surface area contributed by atoms with Crippen molar-refractivity contribution in [1.82, 2.24) is 4.57 Å². The van der Waals surface area contributed by atoms with Gasteiger partial charge in [-0.3, -0.25) is 0 Å². The molecule has 5 rings (SSSR count). The fourth-order valence-corrected chi connectivity index (χ4v) is 4.84. The van der Waals surface area contributed by atoms with Crippen molar-refractivity contribution in [1.29, 1.82) is 0 Å². The van der Waals surface area contributed by atoms with Crippen molar-refractivity contribution < 1.29 is 0 Å². The van der Waals surface area contributed by atoms with Crippen molar-refractivity contribution in [3.05, 3.63) is 101 Å². The van der Waals surface area contributed by atoms with Gasteiger partial charge in [0.1, 0.15) is 0 Å². The van der Waals surface area contributed by atoms with E-state index in [2.05, 4.69) is 111 Å². The lowest BCUT2D eigenvalue weighted by molar-refractivity contribution is 0.597. The Morgan fingerprint density at radius 1 is 0.806 bits per heavy atom. The van der Waals surface area contributed by atoms with Crippen LogP contribution in [0.4, 0.5) is 0 Å². The highest BCUT2D eigenvalue weighted by Crippen LogP contribution is 2.39. The second kappa shape index (κ2) is 7.57. The summed E-state index contributed by atoms with van der Waals surface area (Å²) in [4.78, 5) is 0. The first-order chi connectivity index (χ1) is 15.0. The average molecular weight is 406 g/mol. The van der Waals surface area contributed by atoms with Gasteiger partial charge >= 0.3 is 0 Å². The van der Waals surface area contributed by atoms with Crippen LogP contribution in [0.3, 0.4) is 0 Å². The van der Waals surface area contributed by atoms with Crippen molar-refractivity contribution in [2.24, 2.45) is 0 Å². The zero-order valence-corrected chi connectivity index (χ0v) is 19.1. The van der Waals surface area contributed by atoms with E-state index in [1.54, 1.807) is 0 Å². The third-order valence-electron chi connectivity index (χ3n) is 7.06. The van der Waals surface area contributed by atoms with E-state index in [-0.39, 0.29) is 5.41 Å². The minimum absolute atomic E-state index is 0.0489. The highest BCUT2D eigenvalue weighted by molar-refractivity contribution is 6.09. The van der Waals surface area contributed by atoms with Gasteiger partial charge < -0.3 is 4.57 Å². The summed E-state index contributed by atoms with van der Waals surface area (Å²) in [7, 11) is 0. The molecule has 1 aliphatic rings. The van der Waals surface area contributed by atoms with Gasteiger partial charge in [-0.2, -0.15) is 0 Å². The molecule has 0 N–H and O–H groups in total. The number of aromatic nitrogens is 1. The summed E-state index contributed by atoms with van der Waals surface area (Å²) in [6.45, 7) is 8.98. The number of hydrogen-bond acceptors (Lipinski definition) is 0. The van der Waals surface area contributed by atoms with Crippen LogP contribution < -0.4 is 0 Å². The van der Waals surface area contributed by atoms with Crippen molar-refractivity contribution in [3.8, 4) is 5.69 Å². The van der Waals surface area contributed by atoms with Gasteiger partial charge in [-0.15, -0.1) is 0 Å². The molecule has 3 aromatic carbocycles. The predicted octanol–water partition coefficient (Wildman–Crippen LogP) is 8.07. The lowest BCUT2D eigenvalue weighted by atomic mass is 9.76. The quantitative estimate of drug-likeness (QED) is 0.323. The lowest BCUT2D eigenvalue weighted by Crippen LogP contribution is -2.19. The van der Waals surface area contributed by atoms with Crippen LogP contribution in [0.5, 0.6) is 0 Å². The van der Waals surface area contributed by atoms with Crippen LogP contribution in [0.1, 0.15) is 50.8 Å². The van der Waals surface area contributed by atoms with Gasteiger partial charge in [0, 0.05) is 21.9 Å².